The molecule has 0 atom stereocenters. The molecule has 0 spiro atoms. The zero-order valence-electron chi connectivity index (χ0n) is 5.05. The van der Waals surface area contributed by atoms with Crippen molar-refractivity contribution in [3.63, 3.8) is 0 Å². The number of rotatable bonds is 2. The molecule has 0 aliphatic rings. The molecule has 0 amide bonds. The minimum atomic E-state index is -0.293. The van der Waals surface area contributed by atoms with E-state index in [-0.39, 0.29) is 5.12 Å². The molecule has 0 aromatic heterocycles. The van der Waals surface area contributed by atoms with Gasteiger partial charge in [0.25, 0.3) is 0 Å². The van der Waals surface area contributed by atoms with Crippen molar-refractivity contribution in [3.8, 4) is 0 Å². The zero-order chi connectivity index (χ0) is 6.57. The number of hydrogen-bond donors (Lipinski definition) is 0. The molecule has 0 heterocycles. The first kappa shape index (κ1) is 7.63. The van der Waals surface area contributed by atoms with E-state index in [1.54, 1.807) is 6.08 Å². The molecule has 2 heteroatoms. The fourth-order valence-electron chi connectivity index (χ4n) is 0.271. The van der Waals surface area contributed by atoms with Gasteiger partial charge in [-0.05, 0) is 24.6 Å². The third-order valence-corrected chi connectivity index (χ3v) is 0.753. The van der Waals surface area contributed by atoms with Crippen LogP contribution in [0.4, 0.5) is 0 Å². The number of hydrogen-bond acceptors (Lipinski definition) is 1. The van der Waals surface area contributed by atoms with Gasteiger partial charge in [0.2, 0.25) is 5.12 Å². The summed E-state index contributed by atoms with van der Waals surface area (Å²) in [5.74, 6) is 0.418. The topological polar surface area (TPSA) is 17.1 Å². The van der Waals surface area contributed by atoms with Gasteiger partial charge in [-0.1, -0.05) is 19.9 Å². The second-order valence-electron chi connectivity index (χ2n) is 1.92. The van der Waals surface area contributed by atoms with Crippen LogP contribution in [0.1, 0.15) is 13.8 Å². The summed E-state index contributed by atoms with van der Waals surface area (Å²) in [5.41, 5.74) is 0. The Morgan fingerprint density at radius 2 is 2.12 bits per heavy atom. The van der Waals surface area contributed by atoms with E-state index in [1.807, 2.05) is 13.8 Å². The number of allylic oxidation sites excluding steroid dienone is 1. The fourth-order valence-corrected chi connectivity index (χ4v) is 0.350. The maximum atomic E-state index is 10.1. The molecule has 0 fully saturated rings. The molecule has 0 rings (SSSR count). The van der Waals surface area contributed by atoms with Crippen LogP contribution in [0.25, 0.3) is 0 Å². The highest BCUT2D eigenvalue weighted by molar-refractivity contribution is 7.97. The first-order valence-corrected chi connectivity index (χ1v) is 2.93. The van der Waals surface area contributed by atoms with Gasteiger partial charge >= 0.3 is 0 Å². The third kappa shape index (κ3) is 5.63. The van der Waals surface area contributed by atoms with Gasteiger partial charge in [-0.2, -0.15) is 0 Å². The smallest absolute Gasteiger partial charge is 0.241 e. The summed E-state index contributed by atoms with van der Waals surface area (Å²) in [7, 11) is 0. The van der Waals surface area contributed by atoms with E-state index in [2.05, 4.69) is 12.6 Å². The Morgan fingerprint density at radius 3 is 2.25 bits per heavy atom. The fraction of sp³-hybridized carbons (Fsp3) is 0.500. The highest BCUT2D eigenvalue weighted by Crippen LogP contribution is 1.93. The molecule has 0 aromatic carbocycles. The summed E-state index contributed by atoms with van der Waals surface area (Å²) in [6, 6.07) is 0. The molecule has 0 bridgehead atoms. The van der Waals surface area contributed by atoms with Gasteiger partial charge in [0.05, 0.1) is 0 Å². The third-order valence-electron chi connectivity index (χ3n) is 0.617. The SMILES string of the molecule is CC(C)C=CC(=O)[S]. The number of carbonyl (C=O) groups excluding carboxylic acids is 1. The average Bonchev–Trinajstić information content (AvgIpc) is 1.61. The molecule has 0 N–H and O–H groups in total. The van der Waals surface area contributed by atoms with Crippen molar-refractivity contribution >= 4 is 17.7 Å². The Kier molecular flexibility index (Phi) is 3.44. The summed E-state index contributed by atoms with van der Waals surface area (Å²) < 4.78 is 0. The molecule has 45 valence electrons. The minimum absolute atomic E-state index is 0.293. The van der Waals surface area contributed by atoms with Crippen molar-refractivity contribution < 1.29 is 4.79 Å². The lowest BCUT2D eigenvalue weighted by molar-refractivity contribution is -0.106. The van der Waals surface area contributed by atoms with Gasteiger partial charge in [0.1, 0.15) is 0 Å². The van der Waals surface area contributed by atoms with E-state index >= 15 is 0 Å². The molecule has 0 aliphatic carbocycles. The number of carbonyl (C=O) groups is 1. The van der Waals surface area contributed by atoms with Crippen molar-refractivity contribution in [1.82, 2.24) is 0 Å². The highest BCUT2D eigenvalue weighted by Gasteiger charge is 1.86. The summed E-state index contributed by atoms with van der Waals surface area (Å²) in [5, 5.41) is -0.293. The Balaban J connectivity index is 3.50. The molecular weight excluding hydrogens is 120 g/mol. The predicted molar refractivity (Wildman–Crippen MR) is 36.6 cm³/mol. The van der Waals surface area contributed by atoms with Crippen LogP contribution in [-0.2, 0) is 4.79 Å². The van der Waals surface area contributed by atoms with E-state index in [0.717, 1.165) is 0 Å². The molecule has 0 saturated heterocycles. The second-order valence-corrected chi connectivity index (χ2v) is 2.32. The van der Waals surface area contributed by atoms with Gasteiger partial charge in [-0.3, -0.25) is 4.79 Å². The Labute approximate surface area is 55.2 Å². The molecule has 0 aromatic rings. The Morgan fingerprint density at radius 1 is 1.62 bits per heavy atom. The van der Waals surface area contributed by atoms with Gasteiger partial charge in [-0.25, -0.2) is 0 Å². The van der Waals surface area contributed by atoms with Crippen molar-refractivity contribution in [1.29, 1.82) is 0 Å². The minimum Gasteiger partial charge on any atom is -0.277 e. The van der Waals surface area contributed by atoms with Crippen molar-refractivity contribution in [2.24, 2.45) is 5.92 Å². The first-order chi connectivity index (χ1) is 3.63. The summed E-state index contributed by atoms with van der Waals surface area (Å²) in [6.07, 6.45) is 3.20. The van der Waals surface area contributed by atoms with Gasteiger partial charge in [0, 0.05) is 0 Å². The van der Waals surface area contributed by atoms with Crippen molar-refractivity contribution in [2.45, 2.75) is 13.8 Å². The summed E-state index contributed by atoms with van der Waals surface area (Å²) >= 11 is 4.27. The van der Waals surface area contributed by atoms with Gasteiger partial charge in [-0.15, -0.1) is 0 Å². The van der Waals surface area contributed by atoms with Crippen LogP contribution in [0, 0.1) is 5.92 Å². The lowest BCUT2D eigenvalue weighted by Crippen LogP contribution is -1.80. The monoisotopic (exact) mass is 129 g/mol. The van der Waals surface area contributed by atoms with E-state index in [1.165, 1.54) is 6.08 Å². The van der Waals surface area contributed by atoms with Crippen molar-refractivity contribution in [3.05, 3.63) is 12.2 Å². The normalized spacial score (nSPS) is 10.9. The largest absolute Gasteiger partial charge is 0.277 e. The highest BCUT2D eigenvalue weighted by atomic mass is 32.1. The van der Waals surface area contributed by atoms with E-state index in [9.17, 15) is 4.79 Å². The maximum absolute atomic E-state index is 10.1. The van der Waals surface area contributed by atoms with E-state index < -0.39 is 0 Å². The van der Waals surface area contributed by atoms with Crippen molar-refractivity contribution in [2.75, 3.05) is 0 Å². The van der Waals surface area contributed by atoms with E-state index in [0.29, 0.717) is 5.92 Å². The summed E-state index contributed by atoms with van der Waals surface area (Å²) in [4.78, 5) is 10.1. The maximum Gasteiger partial charge on any atom is 0.241 e. The van der Waals surface area contributed by atoms with Crippen LogP contribution in [0.2, 0.25) is 0 Å². The molecule has 8 heavy (non-hydrogen) atoms. The van der Waals surface area contributed by atoms with E-state index in [4.69, 9.17) is 0 Å². The zero-order valence-corrected chi connectivity index (χ0v) is 5.87. The molecular formula is C6H9OS. The van der Waals surface area contributed by atoms with Crippen LogP contribution >= 0.6 is 12.6 Å². The second kappa shape index (κ2) is 3.61. The molecule has 0 aliphatic heterocycles. The van der Waals surface area contributed by atoms with Gasteiger partial charge in [0.15, 0.2) is 0 Å². The molecule has 1 nitrogen and oxygen atoms in total. The lowest BCUT2D eigenvalue weighted by Gasteiger charge is -1.88. The van der Waals surface area contributed by atoms with Crippen LogP contribution in [0.5, 0.6) is 0 Å². The van der Waals surface area contributed by atoms with Crippen LogP contribution in [0.15, 0.2) is 12.2 Å². The molecule has 0 saturated carbocycles. The quantitative estimate of drug-likeness (QED) is 0.520. The van der Waals surface area contributed by atoms with Crippen LogP contribution in [0.3, 0.4) is 0 Å². The molecule has 1 radical (unpaired) electrons. The Bertz CT molecular complexity index is 105. The van der Waals surface area contributed by atoms with Gasteiger partial charge < -0.3 is 0 Å². The predicted octanol–water partition coefficient (Wildman–Crippen LogP) is 1.92. The Hall–Kier alpha value is -0.370. The first-order valence-electron chi connectivity index (χ1n) is 2.52. The standard InChI is InChI=1S/C6H9OS/c1-5(2)3-4-6(7)8/h3-5H,1-2H3. The van der Waals surface area contributed by atoms with Crippen LogP contribution < -0.4 is 0 Å². The molecule has 0 unspecified atom stereocenters. The average molecular weight is 129 g/mol. The van der Waals surface area contributed by atoms with Crippen LogP contribution in [-0.4, -0.2) is 5.12 Å². The summed E-state index contributed by atoms with van der Waals surface area (Å²) in [6.45, 7) is 3.99. The lowest BCUT2D eigenvalue weighted by atomic mass is 10.2.